The molecule has 2 amide bonds. The van der Waals surface area contributed by atoms with Crippen molar-refractivity contribution < 1.29 is 9.59 Å². The molecule has 32 heavy (non-hydrogen) atoms. The Hall–Kier alpha value is -3.75. The molecule has 2 aliphatic heterocycles. The maximum atomic E-state index is 13.3. The Morgan fingerprint density at radius 1 is 1.09 bits per heavy atom. The Labute approximate surface area is 184 Å². The van der Waals surface area contributed by atoms with Crippen LogP contribution in [0.3, 0.4) is 0 Å². The molecule has 0 aliphatic carbocycles. The summed E-state index contributed by atoms with van der Waals surface area (Å²) in [5.41, 5.74) is 0.283. The highest BCUT2D eigenvalue weighted by Gasteiger charge is 2.45. The highest BCUT2D eigenvalue weighted by Crippen LogP contribution is 2.35. The van der Waals surface area contributed by atoms with Crippen molar-refractivity contribution in [3.63, 3.8) is 0 Å². The third-order valence-corrected chi connectivity index (χ3v) is 6.75. The van der Waals surface area contributed by atoms with Gasteiger partial charge in [-0.1, -0.05) is 18.2 Å². The fourth-order valence-corrected chi connectivity index (χ4v) is 4.82. The third-order valence-electron chi connectivity index (χ3n) is 6.75. The van der Waals surface area contributed by atoms with Crippen LogP contribution in [0.1, 0.15) is 41.7 Å². The number of carbonyl (C=O) groups excluding carboxylic acids is 2. The highest BCUT2D eigenvalue weighted by molar-refractivity contribution is 6.01. The summed E-state index contributed by atoms with van der Waals surface area (Å²) >= 11 is 0. The van der Waals surface area contributed by atoms with E-state index >= 15 is 0 Å². The van der Waals surface area contributed by atoms with Crippen molar-refractivity contribution in [3.05, 3.63) is 64.2 Å². The molecular formula is C23H24N6O3. The zero-order valence-electron chi connectivity index (χ0n) is 18.0. The van der Waals surface area contributed by atoms with Gasteiger partial charge < -0.3 is 15.1 Å². The molecule has 1 atom stereocenters. The van der Waals surface area contributed by atoms with Gasteiger partial charge in [-0.15, -0.1) is 0 Å². The Kier molecular flexibility index (Phi) is 4.69. The molecule has 1 spiro atoms. The first-order chi connectivity index (χ1) is 15.4. The van der Waals surface area contributed by atoms with Crippen LogP contribution in [0.4, 0.5) is 5.82 Å². The number of aromatic nitrogens is 3. The van der Waals surface area contributed by atoms with Crippen molar-refractivity contribution in [1.82, 2.24) is 25.4 Å². The van der Waals surface area contributed by atoms with E-state index in [1.807, 2.05) is 35.9 Å². The molecule has 1 unspecified atom stereocenters. The monoisotopic (exact) mass is 432 g/mol. The fourth-order valence-electron chi connectivity index (χ4n) is 4.82. The maximum absolute atomic E-state index is 13.3. The predicted molar refractivity (Wildman–Crippen MR) is 119 cm³/mol. The van der Waals surface area contributed by atoms with Gasteiger partial charge in [-0.3, -0.25) is 14.4 Å². The number of nitrogens with zero attached hydrogens (tertiary/aromatic N) is 4. The van der Waals surface area contributed by atoms with Gasteiger partial charge in [0.05, 0.1) is 22.6 Å². The zero-order valence-corrected chi connectivity index (χ0v) is 18.0. The molecule has 9 heteroatoms. The van der Waals surface area contributed by atoms with Crippen LogP contribution >= 0.6 is 0 Å². The summed E-state index contributed by atoms with van der Waals surface area (Å²) in [5, 5.41) is 11.1. The summed E-state index contributed by atoms with van der Waals surface area (Å²) in [5.74, 6) is -0.0312. The van der Waals surface area contributed by atoms with Gasteiger partial charge in [0.1, 0.15) is 11.5 Å². The van der Waals surface area contributed by atoms with Crippen LogP contribution in [0.2, 0.25) is 0 Å². The van der Waals surface area contributed by atoms with Gasteiger partial charge in [-0.05, 0) is 25.1 Å². The number of piperidine rings is 1. The summed E-state index contributed by atoms with van der Waals surface area (Å²) in [6, 6.07) is 10.7. The molecule has 164 valence electrons. The SMILES string of the molecule is CC(C(=O)N1CCC2(CC1)NC(=O)c1cccnc1N2C)c1n[nH]c(=O)c2ccccc12. The van der Waals surface area contributed by atoms with Gasteiger partial charge >= 0.3 is 0 Å². The van der Waals surface area contributed by atoms with E-state index in [0.717, 1.165) is 0 Å². The van der Waals surface area contributed by atoms with E-state index < -0.39 is 11.6 Å². The number of aromatic amines is 1. The van der Waals surface area contributed by atoms with Gasteiger partial charge in [0.25, 0.3) is 11.5 Å². The zero-order chi connectivity index (χ0) is 22.5. The van der Waals surface area contributed by atoms with Crippen molar-refractivity contribution in [2.45, 2.75) is 31.3 Å². The second-order valence-electron chi connectivity index (χ2n) is 8.45. The van der Waals surface area contributed by atoms with Crippen LogP contribution in [0.15, 0.2) is 47.4 Å². The number of hydrogen-bond donors (Lipinski definition) is 2. The summed E-state index contributed by atoms with van der Waals surface area (Å²) in [6.07, 6.45) is 2.86. The van der Waals surface area contributed by atoms with Crippen LogP contribution in [0.25, 0.3) is 10.8 Å². The molecule has 0 bridgehead atoms. The molecule has 1 aromatic carbocycles. The number of hydrogen-bond acceptors (Lipinski definition) is 6. The van der Waals surface area contributed by atoms with Crippen LogP contribution < -0.4 is 15.8 Å². The fraction of sp³-hybridized carbons (Fsp3) is 0.348. The Bertz CT molecular complexity index is 1280. The Morgan fingerprint density at radius 2 is 1.81 bits per heavy atom. The molecule has 1 saturated heterocycles. The quantitative estimate of drug-likeness (QED) is 0.637. The van der Waals surface area contributed by atoms with E-state index in [-0.39, 0.29) is 17.4 Å². The highest BCUT2D eigenvalue weighted by atomic mass is 16.2. The van der Waals surface area contributed by atoms with E-state index in [9.17, 15) is 14.4 Å². The number of amides is 2. The first kappa shape index (κ1) is 20.2. The predicted octanol–water partition coefficient (Wildman–Crippen LogP) is 1.62. The number of nitrogens with one attached hydrogen (secondary N) is 2. The number of pyridine rings is 1. The van der Waals surface area contributed by atoms with Crippen LogP contribution in [-0.2, 0) is 4.79 Å². The number of carbonyl (C=O) groups is 2. The molecule has 4 heterocycles. The summed E-state index contributed by atoms with van der Waals surface area (Å²) < 4.78 is 0. The maximum Gasteiger partial charge on any atom is 0.272 e. The summed E-state index contributed by atoms with van der Waals surface area (Å²) in [7, 11) is 1.93. The molecule has 1 fully saturated rings. The molecule has 5 rings (SSSR count). The number of fused-ring (bicyclic) bond motifs is 2. The lowest BCUT2D eigenvalue weighted by Gasteiger charge is -2.50. The van der Waals surface area contributed by atoms with Crippen molar-refractivity contribution in [3.8, 4) is 0 Å². The minimum absolute atomic E-state index is 0.0483. The topological polar surface area (TPSA) is 111 Å². The van der Waals surface area contributed by atoms with E-state index in [1.54, 1.807) is 30.5 Å². The van der Waals surface area contributed by atoms with Crippen LogP contribution in [0, 0.1) is 0 Å². The molecule has 0 radical (unpaired) electrons. The molecular weight excluding hydrogens is 408 g/mol. The third kappa shape index (κ3) is 3.04. The normalized spacial score (nSPS) is 18.4. The van der Waals surface area contributed by atoms with Gasteiger partial charge in [0, 0.05) is 44.6 Å². The molecule has 2 aliphatic rings. The average molecular weight is 432 g/mol. The second kappa shape index (κ2) is 7.44. The van der Waals surface area contributed by atoms with E-state index in [4.69, 9.17) is 0 Å². The number of anilines is 1. The van der Waals surface area contributed by atoms with Crippen LogP contribution in [-0.4, -0.2) is 57.7 Å². The van der Waals surface area contributed by atoms with Crippen molar-refractivity contribution >= 4 is 28.4 Å². The number of benzene rings is 1. The van der Waals surface area contributed by atoms with Crippen molar-refractivity contribution in [2.75, 3.05) is 25.0 Å². The minimum atomic E-state index is -0.568. The van der Waals surface area contributed by atoms with E-state index in [1.165, 1.54) is 0 Å². The van der Waals surface area contributed by atoms with Gasteiger partial charge in [-0.2, -0.15) is 5.10 Å². The summed E-state index contributed by atoms with van der Waals surface area (Å²) in [4.78, 5) is 46.3. The first-order valence-electron chi connectivity index (χ1n) is 10.7. The number of rotatable bonds is 2. The molecule has 2 aromatic heterocycles. The van der Waals surface area contributed by atoms with Crippen LogP contribution in [0.5, 0.6) is 0 Å². The Morgan fingerprint density at radius 3 is 2.56 bits per heavy atom. The van der Waals surface area contributed by atoms with Crippen molar-refractivity contribution in [1.29, 1.82) is 0 Å². The van der Waals surface area contributed by atoms with Crippen molar-refractivity contribution in [2.24, 2.45) is 0 Å². The smallest absolute Gasteiger partial charge is 0.272 e. The molecule has 3 aromatic rings. The second-order valence-corrected chi connectivity index (χ2v) is 8.45. The largest absolute Gasteiger partial charge is 0.342 e. The average Bonchev–Trinajstić information content (AvgIpc) is 2.83. The van der Waals surface area contributed by atoms with Gasteiger partial charge in [0.15, 0.2) is 0 Å². The number of likely N-dealkylation sites (tertiary alicyclic amines) is 1. The molecule has 9 nitrogen and oxygen atoms in total. The summed E-state index contributed by atoms with van der Waals surface area (Å²) in [6.45, 7) is 2.81. The van der Waals surface area contributed by atoms with E-state index in [0.29, 0.717) is 53.8 Å². The number of H-pyrrole nitrogens is 1. The van der Waals surface area contributed by atoms with Gasteiger partial charge in [0.2, 0.25) is 5.91 Å². The van der Waals surface area contributed by atoms with E-state index in [2.05, 4.69) is 20.5 Å². The lowest BCUT2D eigenvalue weighted by Crippen LogP contribution is -2.67. The first-order valence-corrected chi connectivity index (χ1v) is 10.7. The lowest BCUT2D eigenvalue weighted by atomic mass is 9.90. The minimum Gasteiger partial charge on any atom is -0.342 e. The standard InChI is InChI=1S/C23H24N6O3/c1-14(18-15-6-3-4-7-16(15)21(31)27-26-18)22(32)29-12-9-23(10-13-29)25-20(30)17-8-5-11-24-19(17)28(23)2/h3-8,11,14H,9-10,12-13H2,1-2H3,(H,25,30)(H,27,31). The molecule has 0 saturated carbocycles. The van der Waals surface area contributed by atoms with Gasteiger partial charge in [-0.25, -0.2) is 10.1 Å². The molecule has 2 N–H and O–H groups in total. The lowest BCUT2D eigenvalue weighted by molar-refractivity contribution is -0.134. The Balaban J connectivity index is 1.36.